The number of halogens is 6. The zero-order valence-electron chi connectivity index (χ0n) is 25.7. The average Bonchev–Trinajstić information content (AvgIpc) is 2.97. The maximum Gasteiger partial charge on any atom is 0.417 e. The van der Waals surface area contributed by atoms with E-state index in [4.69, 9.17) is 5.73 Å². The normalized spacial score (nSPS) is 23.2. The largest absolute Gasteiger partial charge is 0.417 e. The van der Waals surface area contributed by atoms with Crippen LogP contribution >= 0.6 is 0 Å². The van der Waals surface area contributed by atoms with Crippen LogP contribution < -0.4 is 11.1 Å². The van der Waals surface area contributed by atoms with E-state index in [1.807, 2.05) is 18.0 Å². The summed E-state index contributed by atoms with van der Waals surface area (Å²) in [7, 11) is 3.98. The van der Waals surface area contributed by atoms with Crippen molar-refractivity contribution >= 4 is 5.91 Å². The highest BCUT2D eigenvalue weighted by Gasteiger charge is 2.43. The Morgan fingerprint density at radius 2 is 1.31 bits per heavy atom. The molecule has 0 saturated carbocycles. The zero-order chi connectivity index (χ0) is 33.0. The lowest BCUT2D eigenvalue weighted by atomic mass is 9.81. The molecule has 3 aromatic rings. The quantitative estimate of drug-likeness (QED) is 0.305. The lowest BCUT2D eigenvalue weighted by Crippen LogP contribution is -2.55. The van der Waals surface area contributed by atoms with E-state index in [-0.39, 0.29) is 17.2 Å². The van der Waals surface area contributed by atoms with Crippen LogP contribution in [-0.2, 0) is 23.4 Å². The molecule has 244 valence electrons. The molecule has 2 atom stereocenters. The van der Waals surface area contributed by atoms with Gasteiger partial charge in [-0.1, -0.05) is 60.7 Å². The first kappa shape index (κ1) is 34.5. The predicted molar refractivity (Wildman–Crippen MR) is 163 cm³/mol. The first-order valence-electron chi connectivity index (χ1n) is 14.9. The molecule has 0 aromatic heterocycles. The van der Waals surface area contributed by atoms with Crippen LogP contribution in [0.25, 0.3) is 0 Å². The van der Waals surface area contributed by atoms with E-state index in [1.54, 1.807) is 30.3 Å². The maximum atomic E-state index is 13.7. The van der Waals surface area contributed by atoms with Crippen molar-refractivity contribution in [2.24, 2.45) is 5.73 Å². The van der Waals surface area contributed by atoms with E-state index in [9.17, 15) is 31.1 Å². The van der Waals surface area contributed by atoms with Crippen molar-refractivity contribution in [3.8, 4) is 0 Å². The molecular weight excluding hydrogens is 594 g/mol. The number of piperidine rings is 2. The highest BCUT2D eigenvalue weighted by Crippen LogP contribution is 2.40. The summed E-state index contributed by atoms with van der Waals surface area (Å²) in [6.45, 7) is 4.35. The third kappa shape index (κ3) is 8.25. The Balaban J connectivity index is 0.000000273. The van der Waals surface area contributed by atoms with Gasteiger partial charge < -0.3 is 20.9 Å². The minimum Gasteiger partial charge on any atom is -0.341 e. The Kier molecular flexibility index (Phi) is 10.4. The molecule has 0 radical (unpaired) electrons. The Labute approximate surface area is 260 Å². The Hall–Kier alpha value is -3.41. The van der Waals surface area contributed by atoms with Crippen LogP contribution in [0.5, 0.6) is 0 Å². The van der Waals surface area contributed by atoms with Gasteiger partial charge >= 0.3 is 12.4 Å². The van der Waals surface area contributed by atoms with Gasteiger partial charge in [0.05, 0.1) is 27.8 Å². The molecule has 5 nitrogen and oxygen atoms in total. The van der Waals surface area contributed by atoms with Crippen molar-refractivity contribution < 1.29 is 31.1 Å². The van der Waals surface area contributed by atoms with Crippen LogP contribution in [0.1, 0.15) is 63.9 Å². The van der Waals surface area contributed by atoms with Gasteiger partial charge in [0.1, 0.15) is 0 Å². The molecule has 11 heteroatoms. The first-order valence-corrected chi connectivity index (χ1v) is 14.9. The Morgan fingerprint density at radius 3 is 1.82 bits per heavy atom. The summed E-state index contributed by atoms with van der Waals surface area (Å²) >= 11 is 0. The molecule has 2 unspecified atom stereocenters. The number of carbonyl (C=O) groups excluding carboxylic acids is 1. The van der Waals surface area contributed by atoms with Crippen molar-refractivity contribution in [1.29, 1.82) is 0 Å². The molecule has 2 aliphatic heterocycles. The second-order valence-electron chi connectivity index (χ2n) is 12.3. The Morgan fingerprint density at radius 1 is 0.778 bits per heavy atom. The minimum atomic E-state index is -5.12. The van der Waals surface area contributed by atoms with Gasteiger partial charge in [-0.2, -0.15) is 26.3 Å². The van der Waals surface area contributed by atoms with E-state index in [0.29, 0.717) is 25.5 Å². The summed E-state index contributed by atoms with van der Waals surface area (Å²) in [5, 5.41) is 2.75. The molecule has 5 rings (SSSR count). The van der Waals surface area contributed by atoms with Gasteiger partial charge in [0, 0.05) is 13.1 Å². The summed E-state index contributed by atoms with van der Waals surface area (Å²) in [5.74, 6) is -1.04. The SMILES string of the molecule is CN1CCCC(N)(c2ccccc2)C1.Cc1cc(C(F)(F)F)cc(C(F)(F)F)c1C(=O)NC1(c2ccccc2)CCCN(C)C1. The van der Waals surface area contributed by atoms with Crippen molar-refractivity contribution in [1.82, 2.24) is 15.1 Å². The fourth-order valence-electron chi connectivity index (χ4n) is 6.50. The minimum absolute atomic E-state index is 0.00407. The van der Waals surface area contributed by atoms with Gasteiger partial charge in [-0.3, -0.25) is 4.79 Å². The number of likely N-dealkylation sites (tertiary alicyclic amines) is 2. The second kappa shape index (κ2) is 13.5. The van der Waals surface area contributed by atoms with Crippen LogP contribution in [0.2, 0.25) is 0 Å². The lowest BCUT2D eigenvalue weighted by molar-refractivity contribution is -0.143. The number of aryl methyl sites for hydroxylation is 1. The molecular formula is C34H40F6N4O. The van der Waals surface area contributed by atoms with Crippen molar-refractivity contribution in [3.63, 3.8) is 0 Å². The molecule has 2 fully saturated rings. The van der Waals surface area contributed by atoms with E-state index in [2.05, 4.69) is 41.5 Å². The highest BCUT2D eigenvalue weighted by atomic mass is 19.4. The third-order valence-corrected chi connectivity index (χ3v) is 8.62. The fourth-order valence-corrected chi connectivity index (χ4v) is 6.50. The van der Waals surface area contributed by atoms with E-state index in [1.165, 1.54) is 18.5 Å². The zero-order valence-corrected chi connectivity index (χ0v) is 25.7. The average molecular weight is 635 g/mol. The van der Waals surface area contributed by atoms with Gasteiger partial charge in [0.2, 0.25) is 0 Å². The number of hydrogen-bond acceptors (Lipinski definition) is 4. The molecule has 3 aromatic carbocycles. The molecule has 2 heterocycles. The van der Waals surface area contributed by atoms with Gasteiger partial charge in [0.15, 0.2) is 0 Å². The van der Waals surface area contributed by atoms with Gasteiger partial charge in [0.25, 0.3) is 5.91 Å². The summed E-state index contributed by atoms with van der Waals surface area (Å²) < 4.78 is 80.3. The fraction of sp³-hybridized carbons (Fsp3) is 0.441. The standard InChI is InChI=1S/C22H22F6N2O.C12H18N2/c1-14-11-16(21(23,24)25)12-17(22(26,27)28)18(14)19(31)29-20(9-6-10-30(2)13-20)15-7-4-3-5-8-15;1-14-9-5-8-12(13,10-14)11-6-3-2-4-7-11/h3-5,7-8,11-12H,6,9-10,13H2,1-2H3,(H,29,31);2-4,6-7H,5,8-10,13H2,1H3. The third-order valence-electron chi connectivity index (χ3n) is 8.62. The smallest absolute Gasteiger partial charge is 0.341 e. The number of carbonyl (C=O) groups is 1. The summed E-state index contributed by atoms with van der Waals surface area (Å²) in [5.41, 5.74) is 3.14. The number of benzene rings is 3. The van der Waals surface area contributed by atoms with Crippen LogP contribution in [0.4, 0.5) is 26.3 Å². The second-order valence-corrected chi connectivity index (χ2v) is 12.3. The summed E-state index contributed by atoms with van der Waals surface area (Å²) in [6.07, 6.45) is -6.60. The van der Waals surface area contributed by atoms with E-state index in [0.717, 1.165) is 32.0 Å². The molecule has 0 bridgehead atoms. The number of likely N-dealkylation sites (N-methyl/N-ethyl adjacent to an activating group) is 2. The predicted octanol–water partition coefficient (Wildman–Crippen LogP) is 6.95. The van der Waals surface area contributed by atoms with Crippen LogP contribution in [0, 0.1) is 6.92 Å². The van der Waals surface area contributed by atoms with Crippen molar-refractivity contribution in [3.05, 3.63) is 106 Å². The molecule has 2 aliphatic rings. The summed E-state index contributed by atoms with van der Waals surface area (Å²) in [4.78, 5) is 17.4. The lowest BCUT2D eigenvalue weighted by Gasteiger charge is -2.43. The molecule has 3 N–H and O–H groups in total. The van der Waals surface area contributed by atoms with E-state index < -0.39 is 40.5 Å². The highest BCUT2D eigenvalue weighted by molar-refractivity contribution is 5.98. The van der Waals surface area contributed by atoms with Gasteiger partial charge in [-0.15, -0.1) is 0 Å². The van der Waals surface area contributed by atoms with Gasteiger partial charge in [-0.25, -0.2) is 0 Å². The number of amides is 1. The number of nitrogens with one attached hydrogen (secondary N) is 1. The number of alkyl halides is 6. The number of hydrogen-bond donors (Lipinski definition) is 2. The topological polar surface area (TPSA) is 61.6 Å². The van der Waals surface area contributed by atoms with Crippen molar-refractivity contribution in [2.75, 3.05) is 40.3 Å². The molecule has 0 aliphatic carbocycles. The monoisotopic (exact) mass is 634 g/mol. The first-order chi connectivity index (χ1) is 21.0. The number of nitrogens with zero attached hydrogens (tertiary/aromatic N) is 2. The maximum absolute atomic E-state index is 13.7. The number of nitrogens with two attached hydrogens (primary N) is 1. The van der Waals surface area contributed by atoms with Crippen LogP contribution in [-0.4, -0.2) is 56.0 Å². The van der Waals surface area contributed by atoms with E-state index >= 15 is 0 Å². The van der Waals surface area contributed by atoms with Gasteiger partial charge in [-0.05, 0) is 88.6 Å². The van der Waals surface area contributed by atoms with Crippen LogP contribution in [0.15, 0.2) is 72.8 Å². The molecule has 45 heavy (non-hydrogen) atoms. The Bertz CT molecular complexity index is 1450. The summed E-state index contributed by atoms with van der Waals surface area (Å²) in [6, 6.07) is 19.9. The molecule has 0 spiro atoms. The number of rotatable bonds is 4. The van der Waals surface area contributed by atoms with Crippen LogP contribution in [0.3, 0.4) is 0 Å². The molecule has 1 amide bonds. The molecule has 2 saturated heterocycles. The van der Waals surface area contributed by atoms with Crippen molar-refractivity contribution in [2.45, 2.75) is 56.0 Å².